The summed E-state index contributed by atoms with van der Waals surface area (Å²) < 4.78 is 12.5. The predicted octanol–water partition coefficient (Wildman–Crippen LogP) is 6.01. The van der Waals surface area contributed by atoms with Crippen molar-refractivity contribution in [3.8, 4) is 16.9 Å². The minimum absolute atomic E-state index is 0.592. The number of hydrogen-bond donors (Lipinski definition) is 0. The molecule has 1 aliphatic carbocycles. The second-order valence-electron chi connectivity index (χ2n) is 8.74. The van der Waals surface area contributed by atoms with Crippen molar-refractivity contribution in [2.45, 2.75) is 5.60 Å². The van der Waals surface area contributed by atoms with Gasteiger partial charge in [0.25, 0.3) is 0 Å². The molecule has 0 N–H and O–H groups in total. The number of morpholine rings is 1. The van der Waals surface area contributed by atoms with Gasteiger partial charge in [-0.25, -0.2) is 0 Å². The molecule has 3 nitrogen and oxygen atoms in total. The Morgan fingerprint density at radius 3 is 2.50 bits per heavy atom. The molecule has 1 saturated heterocycles. The van der Waals surface area contributed by atoms with Gasteiger partial charge in [-0.2, -0.15) is 0 Å². The van der Waals surface area contributed by atoms with Crippen molar-refractivity contribution in [1.29, 1.82) is 0 Å². The minimum atomic E-state index is -0.592. The topological polar surface area (TPSA) is 21.7 Å². The summed E-state index contributed by atoms with van der Waals surface area (Å²) in [6.07, 6.45) is 4.50. The maximum Gasteiger partial charge on any atom is 0.179 e. The third-order valence-corrected chi connectivity index (χ3v) is 7.08. The average Bonchev–Trinajstić information content (AvgIpc) is 3.13. The van der Waals surface area contributed by atoms with Crippen molar-refractivity contribution in [3.05, 3.63) is 102 Å². The van der Waals surface area contributed by atoms with E-state index in [1.54, 1.807) is 0 Å². The average molecular weight is 418 g/mol. The smallest absolute Gasteiger partial charge is 0.179 e. The lowest BCUT2D eigenvalue weighted by molar-refractivity contribution is 0.122. The Labute approximate surface area is 187 Å². The maximum atomic E-state index is 6.91. The van der Waals surface area contributed by atoms with Gasteiger partial charge in [-0.3, -0.25) is 0 Å². The standard InChI is InChI=1S/C29H23NO2/c1-2-6-22-20(5-1)9-12-28-24(22)13-14-29(32-28)26-8-4-3-7-23(26)25-19-21(10-11-27(25)29)30-15-17-31-18-16-30/h1-14,19H,15-18H2. The van der Waals surface area contributed by atoms with E-state index in [4.69, 9.17) is 9.47 Å². The Morgan fingerprint density at radius 1 is 0.750 bits per heavy atom. The molecule has 1 atom stereocenters. The lowest BCUT2D eigenvalue weighted by Crippen LogP contribution is -2.36. The Hall–Kier alpha value is -3.56. The number of anilines is 1. The molecular formula is C29H23NO2. The fourth-order valence-corrected chi connectivity index (χ4v) is 5.52. The SMILES string of the molecule is C1=CC2(Oc3ccc4ccccc4c31)c1ccccc1-c1cc(N3CCOCC3)ccc12. The highest BCUT2D eigenvalue weighted by atomic mass is 16.5. The van der Waals surface area contributed by atoms with Gasteiger partial charge in [-0.05, 0) is 52.3 Å². The van der Waals surface area contributed by atoms with Gasteiger partial charge in [0.05, 0.1) is 13.2 Å². The molecule has 0 amide bonds. The van der Waals surface area contributed by atoms with E-state index in [-0.39, 0.29) is 0 Å². The van der Waals surface area contributed by atoms with Crippen molar-refractivity contribution in [1.82, 2.24) is 0 Å². The van der Waals surface area contributed by atoms with E-state index in [0.717, 1.165) is 37.6 Å². The number of rotatable bonds is 1. The zero-order valence-corrected chi connectivity index (χ0v) is 17.8. The maximum absolute atomic E-state index is 6.91. The molecule has 0 saturated carbocycles. The zero-order chi connectivity index (χ0) is 21.1. The molecule has 2 aliphatic heterocycles. The minimum Gasteiger partial charge on any atom is -0.473 e. The molecule has 156 valence electrons. The Morgan fingerprint density at radius 2 is 1.56 bits per heavy atom. The second-order valence-corrected chi connectivity index (χ2v) is 8.74. The monoisotopic (exact) mass is 417 g/mol. The number of ether oxygens (including phenoxy) is 2. The van der Waals surface area contributed by atoms with Gasteiger partial charge in [0.2, 0.25) is 0 Å². The van der Waals surface area contributed by atoms with Crippen LogP contribution < -0.4 is 9.64 Å². The van der Waals surface area contributed by atoms with Crippen molar-refractivity contribution in [3.63, 3.8) is 0 Å². The Kier molecular flexibility index (Phi) is 3.79. The first-order valence-corrected chi connectivity index (χ1v) is 11.3. The molecule has 0 aromatic heterocycles. The van der Waals surface area contributed by atoms with Gasteiger partial charge in [-0.1, -0.05) is 60.7 Å². The molecule has 2 heterocycles. The van der Waals surface area contributed by atoms with Crippen molar-refractivity contribution in [2.24, 2.45) is 0 Å². The fraction of sp³-hybridized carbons (Fsp3) is 0.172. The summed E-state index contributed by atoms with van der Waals surface area (Å²) in [6, 6.07) is 28.3. The first-order valence-electron chi connectivity index (χ1n) is 11.3. The number of nitrogens with zero attached hydrogens (tertiary/aromatic N) is 1. The molecule has 0 bridgehead atoms. The van der Waals surface area contributed by atoms with Gasteiger partial charge < -0.3 is 14.4 Å². The van der Waals surface area contributed by atoms with Crippen molar-refractivity contribution in [2.75, 3.05) is 31.2 Å². The van der Waals surface area contributed by atoms with E-state index in [9.17, 15) is 0 Å². The quantitative estimate of drug-likeness (QED) is 0.379. The van der Waals surface area contributed by atoms with Crippen LogP contribution in [0.15, 0.2) is 84.9 Å². The first kappa shape index (κ1) is 18.1. The molecule has 4 aromatic rings. The first-order chi connectivity index (χ1) is 15.8. The molecule has 0 radical (unpaired) electrons. The predicted molar refractivity (Wildman–Crippen MR) is 129 cm³/mol. The van der Waals surface area contributed by atoms with Gasteiger partial charge >= 0.3 is 0 Å². The number of fused-ring (bicyclic) bond motifs is 8. The van der Waals surface area contributed by atoms with E-state index in [2.05, 4.69) is 95.9 Å². The van der Waals surface area contributed by atoms with Gasteiger partial charge in [0, 0.05) is 35.5 Å². The Balaban J connectivity index is 1.40. The Bertz CT molecular complexity index is 1400. The van der Waals surface area contributed by atoms with Crippen LogP contribution in [0.3, 0.4) is 0 Å². The fourth-order valence-electron chi connectivity index (χ4n) is 5.52. The lowest BCUT2D eigenvalue weighted by atomic mass is 9.87. The summed E-state index contributed by atoms with van der Waals surface area (Å²) in [6.45, 7) is 3.44. The van der Waals surface area contributed by atoms with E-state index in [1.165, 1.54) is 38.7 Å². The van der Waals surface area contributed by atoms with Gasteiger partial charge in [0.1, 0.15) is 5.75 Å². The van der Waals surface area contributed by atoms with Crippen LogP contribution >= 0.6 is 0 Å². The summed E-state index contributed by atoms with van der Waals surface area (Å²) >= 11 is 0. The van der Waals surface area contributed by atoms with Crippen LogP contribution in [0.25, 0.3) is 28.0 Å². The highest BCUT2D eigenvalue weighted by Gasteiger charge is 2.45. The summed E-state index contributed by atoms with van der Waals surface area (Å²) in [5.41, 5.74) is 6.76. The highest BCUT2D eigenvalue weighted by Crippen LogP contribution is 2.54. The molecule has 1 fully saturated rings. The van der Waals surface area contributed by atoms with Gasteiger partial charge in [0.15, 0.2) is 5.60 Å². The van der Waals surface area contributed by atoms with Crippen LogP contribution in [-0.2, 0) is 10.3 Å². The van der Waals surface area contributed by atoms with Crippen LogP contribution in [0.1, 0.15) is 16.7 Å². The van der Waals surface area contributed by atoms with Crippen LogP contribution in [-0.4, -0.2) is 26.3 Å². The molecule has 3 heteroatoms. The molecule has 4 aromatic carbocycles. The highest BCUT2D eigenvalue weighted by molar-refractivity contribution is 5.95. The van der Waals surface area contributed by atoms with Crippen LogP contribution in [0.5, 0.6) is 5.75 Å². The third-order valence-electron chi connectivity index (χ3n) is 7.08. The van der Waals surface area contributed by atoms with E-state index in [0.29, 0.717) is 0 Å². The lowest BCUT2D eigenvalue weighted by Gasteiger charge is -2.34. The van der Waals surface area contributed by atoms with Crippen LogP contribution in [0.2, 0.25) is 0 Å². The number of benzene rings is 4. The van der Waals surface area contributed by atoms with Crippen LogP contribution in [0, 0.1) is 0 Å². The van der Waals surface area contributed by atoms with E-state index < -0.39 is 5.60 Å². The largest absolute Gasteiger partial charge is 0.473 e. The second kappa shape index (κ2) is 6.72. The third kappa shape index (κ3) is 2.46. The molecule has 3 aliphatic rings. The van der Waals surface area contributed by atoms with Crippen molar-refractivity contribution < 1.29 is 9.47 Å². The molecule has 32 heavy (non-hydrogen) atoms. The molecular weight excluding hydrogens is 394 g/mol. The normalized spacial score (nSPS) is 20.7. The van der Waals surface area contributed by atoms with Crippen molar-refractivity contribution >= 4 is 22.5 Å². The summed E-state index contributed by atoms with van der Waals surface area (Å²) in [5, 5.41) is 2.46. The molecule has 1 unspecified atom stereocenters. The van der Waals surface area contributed by atoms with E-state index >= 15 is 0 Å². The summed E-state index contributed by atoms with van der Waals surface area (Å²) in [7, 11) is 0. The summed E-state index contributed by atoms with van der Waals surface area (Å²) in [4.78, 5) is 2.41. The van der Waals surface area contributed by atoms with Crippen LogP contribution in [0.4, 0.5) is 5.69 Å². The summed E-state index contributed by atoms with van der Waals surface area (Å²) in [5.74, 6) is 0.936. The molecule has 7 rings (SSSR count). The van der Waals surface area contributed by atoms with Gasteiger partial charge in [-0.15, -0.1) is 0 Å². The molecule has 1 spiro atoms. The number of hydrogen-bond acceptors (Lipinski definition) is 3. The zero-order valence-electron chi connectivity index (χ0n) is 17.8. The van der Waals surface area contributed by atoms with E-state index in [1.807, 2.05) is 0 Å².